The third-order valence-corrected chi connectivity index (χ3v) is 4.32. The fraction of sp³-hybridized carbons (Fsp3) is 0.333. The lowest BCUT2D eigenvalue weighted by atomic mass is 10.3. The third-order valence-electron chi connectivity index (χ3n) is 2.65. The zero-order valence-corrected chi connectivity index (χ0v) is 12.7. The normalized spacial score (nSPS) is 14.8. The second-order valence-electron chi connectivity index (χ2n) is 4.06. The first-order chi connectivity index (χ1) is 9.47. The molecule has 1 aromatic heterocycles. The van der Waals surface area contributed by atoms with Crippen LogP contribution in [-0.4, -0.2) is 41.6 Å². The molecular weight excluding hydrogens is 350 g/mol. The number of imide groups is 1. The van der Waals surface area contributed by atoms with Crippen molar-refractivity contribution in [3.8, 4) is 0 Å². The first-order valence-corrected chi connectivity index (χ1v) is 7.35. The quantitative estimate of drug-likeness (QED) is 0.450. The number of carbonyl (C=O) groups excluding carboxylic acids is 4. The summed E-state index contributed by atoms with van der Waals surface area (Å²) in [5.74, 6) is -1.87. The van der Waals surface area contributed by atoms with Gasteiger partial charge in [-0.05, 0) is 28.1 Å². The monoisotopic (exact) mass is 359 g/mol. The second-order valence-corrected chi connectivity index (χ2v) is 6.52. The molecule has 0 saturated carbocycles. The molecule has 1 fully saturated rings. The number of likely N-dealkylation sites (tertiary alicyclic amines) is 1. The van der Waals surface area contributed by atoms with Crippen LogP contribution in [0.3, 0.4) is 0 Å². The summed E-state index contributed by atoms with van der Waals surface area (Å²) in [6, 6.07) is 3.35. The zero-order chi connectivity index (χ0) is 14.7. The highest BCUT2D eigenvalue weighted by Gasteiger charge is 2.31. The maximum Gasteiger partial charge on any atom is 0.326 e. The van der Waals surface area contributed by atoms with Crippen molar-refractivity contribution in [1.29, 1.82) is 0 Å². The van der Waals surface area contributed by atoms with Gasteiger partial charge in [0.25, 0.3) is 0 Å². The third kappa shape index (κ3) is 3.51. The van der Waals surface area contributed by atoms with E-state index in [1.807, 2.05) is 0 Å². The number of rotatable bonds is 5. The van der Waals surface area contributed by atoms with Crippen molar-refractivity contribution in [3.05, 3.63) is 20.8 Å². The number of thiophene rings is 1. The molecule has 6 nitrogen and oxygen atoms in total. The van der Waals surface area contributed by atoms with E-state index in [1.165, 1.54) is 11.3 Å². The number of ketones is 1. The maximum absolute atomic E-state index is 11.7. The average Bonchev–Trinajstić information content (AvgIpc) is 2.97. The number of hydrogen-bond donors (Lipinski definition) is 0. The van der Waals surface area contributed by atoms with Crippen molar-refractivity contribution < 1.29 is 23.9 Å². The van der Waals surface area contributed by atoms with E-state index >= 15 is 0 Å². The summed E-state index contributed by atoms with van der Waals surface area (Å²) in [6.45, 7) is -0.832. The molecule has 0 radical (unpaired) electrons. The van der Waals surface area contributed by atoms with Gasteiger partial charge < -0.3 is 4.74 Å². The van der Waals surface area contributed by atoms with Crippen molar-refractivity contribution in [3.63, 3.8) is 0 Å². The number of ether oxygens (including phenoxy) is 1. The lowest BCUT2D eigenvalue weighted by Gasteiger charge is -2.12. The van der Waals surface area contributed by atoms with Gasteiger partial charge in [-0.1, -0.05) is 0 Å². The molecule has 0 atom stereocenters. The highest BCUT2D eigenvalue weighted by Crippen LogP contribution is 2.22. The fourth-order valence-corrected chi connectivity index (χ4v) is 2.97. The molecule has 0 N–H and O–H groups in total. The molecule has 20 heavy (non-hydrogen) atoms. The fourth-order valence-electron chi connectivity index (χ4n) is 1.66. The van der Waals surface area contributed by atoms with Crippen LogP contribution in [0.4, 0.5) is 0 Å². The largest absolute Gasteiger partial charge is 0.456 e. The molecule has 1 aliphatic heterocycles. The summed E-state index contributed by atoms with van der Waals surface area (Å²) in [7, 11) is 0. The Hall–Kier alpha value is -1.54. The van der Waals surface area contributed by atoms with Crippen LogP contribution in [0.25, 0.3) is 0 Å². The van der Waals surface area contributed by atoms with Gasteiger partial charge in [0.05, 0.1) is 8.66 Å². The van der Waals surface area contributed by atoms with E-state index in [4.69, 9.17) is 4.74 Å². The molecule has 8 heteroatoms. The van der Waals surface area contributed by atoms with E-state index in [2.05, 4.69) is 15.9 Å². The lowest BCUT2D eigenvalue weighted by Crippen LogP contribution is -2.35. The molecule has 0 spiro atoms. The first-order valence-electron chi connectivity index (χ1n) is 5.74. The van der Waals surface area contributed by atoms with Crippen LogP contribution in [-0.2, 0) is 19.1 Å². The van der Waals surface area contributed by atoms with Crippen molar-refractivity contribution in [2.24, 2.45) is 0 Å². The number of Topliss-reactive ketones (excluding diaryl/α,β-unsaturated/α-hetero) is 1. The summed E-state index contributed by atoms with van der Waals surface area (Å²) >= 11 is 4.47. The Kier molecular flexibility index (Phi) is 4.66. The van der Waals surface area contributed by atoms with E-state index in [-0.39, 0.29) is 30.4 Å². The van der Waals surface area contributed by atoms with Gasteiger partial charge in [0.2, 0.25) is 17.6 Å². The highest BCUT2D eigenvalue weighted by atomic mass is 79.9. The average molecular weight is 360 g/mol. The molecule has 106 valence electrons. The molecule has 0 bridgehead atoms. The van der Waals surface area contributed by atoms with E-state index in [0.717, 1.165) is 8.69 Å². The molecule has 1 saturated heterocycles. The van der Waals surface area contributed by atoms with Crippen LogP contribution < -0.4 is 0 Å². The van der Waals surface area contributed by atoms with Gasteiger partial charge >= 0.3 is 5.97 Å². The standard InChI is InChI=1S/C12H10BrNO5S/c13-9-2-1-8(20-9)7(15)6-19-12(18)5-14-10(16)3-4-11(14)17/h1-2H,3-6H2. The predicted octanol–water partition coefficient (Wildman–Crippen LogP) is 1.39. The number of carbonyl (C=O) groups is 4. The number of esters is 1. The van der Waals surface area contributed by atoms with Gasteiger partial charge in [0, 0.05) is 12.8 Å². The Labute approximate surface area is 126 Å². The van der Waals surface area contributed by atoms with Gasteiger partial charge in [-0.3, -0.25) is 24.1 Å². The van der Waals surface area contributed by atoms with Crippen molar-refractivity contribution in [2.45, 2.75) is 12.8 Å². The zero-order valence-electron chi connectivity index (χ0n) is 10.3. The number of hydrogen-bond acceptors (Lipinski definition) is 6. The van der Waals surface area contributed by atoms with Gasteiger partial charge in [-0.15, -0.1) is 11.3 Å². The number of nitrogens with zero attached hydrogens (tertiary/aromatic N) is 1. The Bertz CT molecular complexity index is 566. The first kappa shape index (κ1) is 14.9. The molecule has 0 aromatic carbocycles. The molecule has 2 heterocycles. The topological polar surface area (TPSA) is 80.8 Å². The maximum atomic E-state index is 11.7. The number of amides is 2. The lowest BCUT2D eigenvalue weighted by molar-refractivity contribution is -0.151. The van der Waals surface area contributed by atoms with Crippen LogP contribution in [0.15, 0.2) is 15.9 Å². The Morgan fingerprint density at radius 2 is 1.90 bits per heavy atom. The molecule has 2 rings (SSSR count). The second kappa shape index (κ2) is 6.27. The molecule has 1 aromatic rings. The Morgan fingerprint density at radius 3 is 2.45 bits per heavy atom. The van der Waals surface area contributed by atoms with Crippen molar-refractivity contribution >= 4 is 50.8 Å². The van der Waals surface area contributed by atoms with Gasteiger partial charge in [-0.2, -0.15) is 0 Å². The van der Waals surface area contributed by atoms with Gasteiger partial charge in [0.15, 0.2) is 6.61 Å². The Balaban J connectivity index is 1.82. The van der Waals surface area contributed by atoms with Crippen molar-refractivity contribution in [2.75, 3.05) is 13.2 Å². The molecule has 2 amide bonds. The van der Waals surface area contributed by atoms with Gasteiger partial charge in [0.1, 0.15) is 6.54 Å². The summed E-state index contributed by atoms with van der Waals surface area (Å²) < 4.78 is 5.59. The minimum Gasteiger partial charge on any atom is -0.456 e. The van der Waals surface area contributed by atoms with Crippen molar-refractivity contribution in [1.82, 2.24) is 4.90 Å². The molecule has 1 aliphatic rings. The van der Waals surface area contributed by atoms with Gasteiger partial charge in [-0.25, -0.2) is 0 Å². The summed E-state index contributed by atoms with van der Waals surface area (Å²) in [4.78, 5) is 47.1. The van der Waals surface area contributed by atoms with Crippen LogP contribution in [0.5, 0.6) is 0 Å². The summed E-state index contributed by atoms with van der Waals surface area (Å²) in [5.41, 5.74) is 0. The molecule has 0 aliphatic carbocycles. The summed E-state index contributed by atoms with van der Waals surface area (Å²) in [5, 5.41) is 0. The van der Waals surface area contributed by atoms with Crippen LogP contribution in [0.2, 0.25) is 0 Å². The van der Waals surface area contributed by atoms with Crippen LogP contribution in [0, 0.1) is 0 Å². The molecular formula is C12H10BrNO5S. The van der Waals surface area contributed by atoms with E-state index in [0.29, 0.717) is 4.88 Å². The summed E-state index contributed by atoms with van der Waals surface area (Å²) in [6.07, 6.45) is 0.239. The van der Waals surface area contributed by atoms with E-state index < -0.39 is 19.1 Å². The SMILES string of the molecule is O=C(CN1C(=O)CCC1=O)OCC(=O)c1ccc(Br)s1. The molecule has 0 unspecified atom stereocenters. The van der Waals surface area contributed by atoms with E-state index in [9.17, 15) is 19.2 Å². The number of halogens is 1. The highest BCUT2D eigenvalue weighted by molar-refractivity contribution is 9.11. The predicted molar refractivity (Wildman–Crippen MR) is 73.3 cm³/mol. The minimum atomic E-state index is -0.766. The minimum absolute atomic E-state index is 0.119. The van der Waals surface area contributed by atoms with E-state index in [1.54, 1.807) is 12.1 Å². The Morgan fingerprint density at radius 1 is 1.25 bits per heavy atom. The smallest absolute Gasteiger partial charge is 0.326 e. The van der Waals surface area contributed by atoms with Crippen LogP contribution >= 0.6 is 27.3 Å². The van der Waals surface area contributed by atoms with Crippen LogP contribution in [0.1, 0.15) is 22.5 Å².